The summed E-state index contributed by atoms with van der Waals surface area (Å²) in [6.07, 6.45) is 6.85. The molecule has 2 aliphatic rings. The van der Waals surface area contributed by atoms with Gasteiger partial charge in [-0.25, -0.2) is 4.79 Å². The Kier molecular flexibility index (Phi) is 6.70. The van der Waals surface area contributed by atoms with E-state index in [1.807, 2.05) is 6.07 Å². The summed E-state index contributed by atoms with van der Waals surface area (Å²) in [5, 5.41) is 4.52. The predicted molar refractivity (Wildman–Crippen MR) is 108 cm³/mol. The van der Waals surface area contributed by atoms with Gasteiger partial charge >= 0.3 is 6.03 Å². The standard InChI is InChI=1S/C20H29Cl2N3O/c1-24(2)20(26)23-16-6-3-14(4-7-16)9-11-25-12-10-17-15(13-25)5-8-18(21)19(17)22/h5,8,14,16H,3-4,6-7,9-13H2,1-2H3,(H,23,26). The number of nitrogens with one attached hydrogen (secondary N) is 1. The molecular weight excluding hydrogens is 369 g/mol. The second kappa shape index (κ2) is 8.81. The summed E-state index contributed by atoms with van der Waals surface area (Å²) in [7, 11) is 3.58. The second-order valence-electron chi connectivity index (χ2n) is 7.88. The maximum Gasteiger partial charge on any atom is 0.317 e. The summed E-state index contributed by atoms with van der Waals surface area (Å²) >= 11 is 12.5. The van der Waals surface area contributed by atoms with E-state index in [2.05, 4.69) is 16.3 Å². The molecule has 0 aromatic heterocycles. The smallest absolute Gasteiger partial charge is 0.317 e. The Labute approximate surface area is 166 Å². The number of amides is 2. The summed E-state index contributed by atoms with van der Waals surface area (Å²) in [4.78, 5) is 15.9. The van der Waals surface area contributed by atoms with Gasteiger partial charge in [0.2, 0.25) is 0 Å². The van der Waals surface area contributed by atoms with Crippen molar-refractivity contribution in [1.82, 2.24) is 15.1 Å². The third kappa shape index (κ3) is 4.85. The number of carbonyl (C=O) groups is 1. The molecule has 3 rings (SSSR count). The first-order chi connectivity index (χ1) is 12.4. The average molecular weight is 398 g/mol. The number of halogens is 2. The molecule has 0 radical (unpaired) electrons. The first-order valence-electron chi connectivity index (χ1n) is 9.60. The van der Waals surface area contributed by atoms with Crippen LogP contribution in [-0.2, 0) is 13.0 Å². The van der Waals surface area contributed by atoms with Crippen LogP contribution in [0.5, 0.6) is 0 Å². The lowest BCUT2D eigenvalue weighted by atomic mass is 9.84. The zero-order chi connectivity index (χ0) is 18.7. The fourth-order valence-corrected chi connectivity index (χ4v) is 4.55. The molecule has 26 heavy (non-hydrogen) atoms. The Bertz CT molecular complexity index is 642. The molecule has 1 aromatic carbocycles. The lowest BCUT2D eigenvalue weighted by molar-refractivity contribution is 0.193. The van der Waals surface area contributed by atoms with Gasteiger partial charge in [-0.2, -0.15) is 0 Å². The van der Waals surface area contributed by atoms with Gasteiger partial charge in [0.25, 0.3) is 0 Å². The average Bonchev–Trinajstić information content (AvgIpc) is 2.64. The fraction of sp³-hybridized carbons (Fsp3) is 0.650. The largest absolute Gasteiger partial charge is 0.335 e. The van der Waals surface area contributed by atoms with Crippen LogP contribution in [0.1, 0.15) is 43.2 Å². The summed E-state index contributed by atoms with van der Waals surface area (Å²) in [6.45, 7) is 3.17. The SMILES string of the molecule is CN(C)C(=O)NC1CCC(CCN2CCc3c(ccc(Cl)c3Cl)C2)CC1. The van der Waals surface area contributed by atoms with Crippen LogP contribution in [0.3, 0.4) is 0 Å². The molecular formula is C20H29Cl2N3O. The van der Waals surface area contributed by atoms with Crippen LogP contribution >= 0.6 is 23.2 Å². The van der Waals surface area contributed by atoms with E-state index in [1.54, 1.807) is 19.0 Å². The molecule has 1 aliphatic carbocycles. The normalized spacial score (nSPS) is 23.4. The lowest BCUT2D eigenvalue weighted by Crippen LogP contribution is -2.43. The molecule has 0 unspecified atom stereocenters. The minimum atomic E-state index is 0.0270. The van der Waals surface area contributed by atoms with Crippen molar-refractivity contribution in [2.24, 2.45) is 5.92 Å². The van der Waals surface area contributed by atoms with Crippen molar-refractivity contribution in [1.29, 1.82) is 0 Å². The molecule has 0 spiro atoms. The Morgan fingerprint density at radius 2 is 1.96 bits per heavy atom. The van der Waals surface area contributed by atoms with Gasteiger partial charge in [-0.1, -0.05) is 29.3 Å². The molecule has 1 aromatic rings. The van der Waals surface area contributed by atoms with Gasteiger partial charge < -0.3 is 10.2 Å². The Hall–Kier alpha value is -0.970. The third-order valence-corrected chi connectivity index (χ3v) is 6.64. The van der Waals surface area contributed by atoms with Crippen LogP contribution in [0, 0.1) is 5.92 Å². The number of hydrogen-bond donors (Lipinski definition) is 1. The van der Waals surface area contributed by atoms with Gasteiger partial charge in [-0.3, -0.25) is 4.90 Å². The number of hydrogen-bond acceptors (Lipinski definition) is 2. The molecule has 0 atom stereocenters. The third-order valence-electron chi connectivity index (χ3n) is 5.80. The molecule has 1 heterocycles. The van der Waals surface area contributed by atoms with Crippen LogP contribution in [0.15, 0.2) is 12.1 Å². The molecule has 0 saturated heterocycles. The van der Waals surface area contributed by atoms with Gasteiger partial charge in [0.1, 0.15) is 0 Å². The number of urea groups is 1. The Morgan fingerprint density at radius 3 is 2.65 bits per heavy atom. The Balaban J connectivity index is 1.42. The second-order valence-corrected chi connectivity index (χ2v) is 8.66. The first kappa shape index (κ1) is 19.8. The summed E-state index contributed by atoms with van der Waals surface area (Å²) in [5.41, 5.74) is 2.55. The van der Waals surface area contributed by atoms with E-state index >= 15 is 0 Å². The predicted octanol–water partition coefficient (Wildman–Crippen LogP) is 4.57. The van der Waals surface area contributed by atoms with Crippen LogP contribution in [0.25, 0.3) is 0 Å². The summed E-state index contributed by atoms with van der Waals surface area (Å²) in [6, 6.07) is 4.40. The van der Waals surface area contributed by atoms with E-state index in [0.29, 0.717) is 11.1 Å². The van der Waals surface area contributed by atoms with Crippen molar-refractivity contribution in [3.05, 3.63) is 33.3 Å². The molecule has 1 N–H and O–H groups in total. The zero-order valence-electron chi connectivity index (χ0n) is 15.7. The zero-order valence-corrected chi connectivity index (χ0v) is 17.2. The molecule has 2 amide bonds. The number of fused-ring (bicyclic) bond motifs is 1. The van der Waals surface area contributed by atoms with Gasteiger partial charge in [-0.05, 0) is 68.2 Å². The maximum absolute atomic E-state index is 11.8. The van der Waals surface area contributed by atoms with Crippen molar-refractivity contribution >= 4 is 29.2 Å². The minimum absolute atomic E-state index is 0.0270. The number of benzene rings is 1. The van der Waals surface area contributed by atoms with Gasteiger partial charge in [0, 0.05) is 33.2 Å². The monoisotopic (exact) mass is 397 g/mol. The fourth-order valence-electron chi connectivity index (χ4n) is 4.10. The lowest BCUT2D eigenvalue weighted by Gasteiger charge is -2.33. The van der Waals surface area contributed by atoms with Crippen molar-refractivity contribution in [2.45, 2.75) is 51.1 Å². The van der Waals surface area contributed by atoms with Gasteiger partial charge in [0.15, 0.2) is 0 Å². The van der Waals surface area contributed by atoms with Crippen molar-refractivity contribution < 1.29 is 4.79 Å². The quantitative estimate of drug-likeness (QED) is 0.807. The maximum atomic E-state index is 11.8. The Morgan fingerprint density at radius 1 is 1.23 bits per heavy atom. The summed E-state index contributed by atoms with van der Waals surface area (Å²) in [5.74, 6) is 0.776. The molecule has 144 valence electrons. The first-order valence-corrected chi connectivity index (χ1v) is 10.4. The number of rotatable bonds is 4. The topological polar surface area (TPSA) is 35.6 Å². The number of carbonyl (C=O) groups excluding carboxylic acids is 1. The highest BCUT2D eigenvalue weighted by Gasteiger charge is 2.24. The number of nitrogens with zero attached hydrogens (tertiary/aromatic N) is 2. The molecule has 6 heteroatoms. The molecule has 1 saturated carbocycles. The van der Waals surface area contributed by atoms with Crippen molar-refractivity contribution in [3.8, 4) is 0 Å². The highest BCUT2D eigenvalue weighted by atomic mass is 35.5. The summed E-state index contributed by atoms with van der Waals surface area (Å²) < 4.78 is 0. The van der Waals surface area contributed by atoms with Crippen LogP contribution in [0.4, 0.5) is 4.79 Å². The van der Waals surface area contributed by atoms with Crippen LogP contribution < -0.4 is 5.32 Å². The van der Waals surface area contributed by atoms with Crippen LogP contribution in [-0.4, -0.2) is 49.1 Å². The van der Waals surface area contributed by atoms with E-state index in [0.717, 1.165) is 49.8 Å². The van der Waals surface area contributed by atoms with E-state index in [4.69, 9.17) is 23.2 Å². The molecule has 0 bridgehead atoms. The van der Waals surface area contributed by atoms with E-state index in [-0.39, 0.29) is 6.03 Å². The van der Waals surface area contributed by atoms with Gasteiger partial charge in [0.05, 0.1) is 10.0 Å². The highest BCUT2D eigenvalue weighted by molar-refractivity contribution is 6.42. The van der Waals surface area contributed by atoms with E-state index < -0.39 is 0 Å². The van der Waals surface area contributed by atoms with E-state index in [9.17, 15) is 4.79 Å². The van der Waals surface area contributed by atoms with E-state index in [1.165, 1.54) is 30.4 Å². The molecule has 4 nitrogen and oxygen atoms in total. The molecule has 1 fully saturated rings. The molecule has 1 aliphatic heterocycles. The van der Waals surface area contributed by atoms with Gasteiger partial charge in [-0.15, -0.1) is 0 Å². The highest BCUT2D eigenvalue weighted by Crippen LogP contribution is 2.33. The van der Waals surface area contributed by atoms with Crippen molar-refractivity contribution in [2.75, 3.05) is 27.2 Å². The minimum Gasteiger partial charge on any atom is -0.335 e. The van der Waals surface area contributed by atoms with Crippen molar-refractivity contribution in [3.63, 3.8) is 0 Å². The van der Waals surface area contributed by atoms with Crippen LogP contribution in [0.2, 0.25) is 10.0 Å².